The molecule has 0 bridgehead atoms. The Labute approximate surface area is 73.6 Å². The number of nitrogens with two attached hydrogens (primary N) is 1. The van der Waals surface area contributed by atoms with Crippen LogP contribution in [0.3, 0.4) is 0 Å². The fourth-order valence-electron chi connectivity index (χ4n) is 1.16. The second-order valence-corrected chi connectivity index (χ2v) is 2.64. The van der Waals surface area contributed by atoms with Crippen LogP contribution < -0.4 is 5.90 Å². The summed E-state index contributed by atoms with van der Waals surface area (Å²) in [4.78, 5) is 4.45. The minimum atomic E-state index is -0.432. The summed E-state index contributed by atoms with van der Waals surface area (Å²) in [5.41, 5.74) is 0. The van der Waals surface area contributed by atoms with Gasteiger partial charge in [0.25, 0.3) is 0 Å². The molecular weight excluding hydrogens is 158 g/mol. The number of hydrogen-bond donors (Lipinski definition) is 2. The molecule has 1 aliphatic heterocycles. The van der Waals surface area contributed by atoms with Crippen molar-refractivity contribution in [1.29, 1.82) is 0 Å². The average Bonchev–Trinajstić information content (AvgIpc) is 2.06. The fraction of sp³-hybridized carbons (Fsp3) is 1.00. The number of ether oxygens (including phenoxy) is 1. The normalized spacial score (nSPS) is 35.2. The predicted octanol–water partition coefficient (Wildman–Crippen LogP) is 0.789. The second-order valence-electron chi connectivity index (χ2n) is 2.64. The minimum Gasteiger partial charge on any atom is -0.393 e. The highest BCUT2D eigenvalue weighted by atomic mass is 16.8. The second kappa shape index (κ2) is 6.37. The van der Waals surface area contributed by atoms with Gasteiger partial charge in [0.15, 0.2) is 6.29 Å². The zero-order chi connectivity index (χ0) is 9.56. The Bertz CT molecular complexity index is 100. The van der Waals surface area contributed by atoms with Crippen LogP contribution in [-0.2, 0) is 9.57 Å². The SMILES string of the molecule is CC.CC1CC(O)CC(ON)O1. The number of aliphatic hydroxyl groups is 1. The molecule has 1 rings (SSSR count). The van der Waals surface area contributed by atoms with Crippen LogP contribution in [0.15, 0.2) is 0 Å². The topological polar surface area (TPSA) is 64.7 Å². The first-order chi connectivity index (χ1) is 5.72. The molecular formula is C8H19NO3. The van der Waals surface area contributed by atoms with Crippen LogP contribution in [0.5, 0.6) is 0 Å². The lowest BCUT2D eigenvalue weighted by Gasteiger charge is -2.29. The van der Waals surface area contributed by atoms with Gasteiger partial charge in [0.05, 0.1) is 12.2 Å². The van der Waals surface area contributed by atoms with Crippen molar-refractivity contribution in [3.63, 3.8) is 0 Å². The molecule has 12 heavy (non-hydrogen) atoms. The van der Waals surface area contributed by atoms with Crippen LogP contribution in [-0.4, -0.2) is 23.6 Å². The van der Waals surface area contributed by atoms with Gasteiger partial charge in [0.1, 0.15) is 0 Å². The van der Waals surface area contributed by atoms with Crippen molar-refractivity contribution in [2.24, 2.45) is 5.90 Å². The van der Waals surface area contributed by atoms with E-state index in [0.29, 0.717) is 12.8 Å². The smallest absolute Gasteiger partial charge is 0.179 e. The summed E-state index contributed by atoms with van der Waals surface area (Å²) in [6, 6.07) is 0. The first kappa shape index (κ1) is 11.8. The molecule has 74 valence electrons. The zero-order valence-electron chi connectivity index (χ0n) is 7.99. The van der Waals surface area contributed by atoms with E-state index < -0.39 is 6.29 Å². The monoisotopic (exact) mass is 177 g/mol. The molecule has 1 aliphatic rings. The average molecular weight is 177 g/mol. The molecule has 3 unspecified atom stereocenters. The molecule has 4 nitrogen and oxygen atoms in total. The van der Waals surface area contributed by atoms with Crippen LogP contribution in [0.2, 0.25) is 0 Å². The Balaban J connectivity index is 0.000000561. The van der Waals surface area contributed by atoms with Crippen molar-refractivity contribution in [1.82, 2.24) is 0 Å². The van der Waals surface area contributed by atoms with Crippen molar-refractivity contribution in [3.8, 4) is 0 Å². The molecule has 1 fully saturated rings. The van der Waals surface area contributed by atoms with E-state index in [-0.39, 0.29) is 12.2 Å². The molecule has 0 aromatic carbocycles. The molecule has 0 aromatic rings. The van der Waals surface area contributed by atoms with Crippen molar-refractivity contribution in [2.75, 3.05) is 0 Å². The standard InChI is InChI=1S/C6H13NO3.C2H6/c1-4-2-5(8)3-6(9-4)10-7;1-2/h4-6,8H,2-3,7H2,1H3;1-2H3. The lowest BCUT2D eigenvalue weighted by molar-refractivity contribution is -0.212. The Kier molecular flexibility index (Phi) is 6.28. The number of aliphatic hydroxyl groups excluding tert-OH is 1. The third-order valence-corrected chi connectivity index (χ3v) is 1.60. The Morgan fingerprint density at radius 1 is 1.42 bits per heavy atom. The van der Waals surface area contributed by atoms with Gasteiger partial charge < -0.3 is 9.84 Å². The van der Waals surface area contributed by atoms with Crippen LogP contribution in [0.4, 0.5) is 0 Å². The van der Waals surface area contributed by atoms with E-state index in [9.17, 15) is 0 Å². The van der Waals surface area contributed by atoms with Crippen LogP contribution in [0.1, 0.15) is 33.6 Å². The molecule has 1 saturated heterocycles. The van der Waals surface area contributed by atoms with Crippen LogP contribution >= 0.6 is 0 Å². The third-order valence-electron chi connectivity index (χ3n) is 1.60. The van der Waals surface area contributed by atoms with Crippen LogP contribution in [0.25, 0.3) is 0 Å². The molecule has 0 radical (unpaired) electrons. The largest absolute Gasteiger partial charge is 0.393 e. The van der Waals surface area contributed by atoms with Gasteiger partial charge in [-0.3, -0.25) is 4.84 Å². The Morgan fingerprint density at radius 3 is 2.42 bits per heavy atom. The van der Waals surface area contributed by atoms with Gasteiger partial charge in [-0.1, -0.05) is 13.8 Å². The Hall–Kier alpha value is -0.160. The van der Waals surface area contributed by atoms with Crippen molar-refractivity contribution in [3.05, 3.63) is 0 Å². The van der Waals surface area contributed by atoms with Gasteiger partial charge in [0, 0.05) is 6.42 Å². The predicted molar refractivity (Wildman–Crippen MR) is 46.2 cm³/mol. The van der Waals surface area contributed by atoms with Crippen molar-refractivity contribution >= 4 is 0 Å². The van der Waals surface area contributed by atoms with E-state index in [2.05, 4.69) is 4.84 Å². The van der Waals surface area contributed by atoms with Gasteiger partial charge in [0.2, 0.25) is 0 Å². The van der Waals surface area contributed by atoms with E-state index in [1.54, 1.807) is 0 Å². The fourth-order valence-corrected chi connectivity index (χ4v) is 1.16. The highest BCUT2D eigenvalue weighted by Gasteiger charge is 2.25. The maximum Gasteiger partial charge on any atom is 0.179 e. The van der Waals surface area contributed by atoms with Gasteiger partial charge in [-0.15, -0.1) is 0 Å². The maximum absolute atomic E-state index is 9.17. The van der Waals surface area contributed by atoms with Crippen molar-refractivity contribution in [2.45, 2.75) is 52.1 Å². The summed E-state index contributed by atoms with van der Waals surface area (Å²) in [6.45, 7) is 5.88. The summed E-state index contributed by atoms with van der Waals surface area (Å²) in [7, 11) is 0. The molecule has 0 aromatic heterocycles. The van der Waals surface area contributed by atoms with Gasteiger partial charge >= 0.3 is 0 Å². The number of hydrogen-bond acceptors (Lipinski definition) is 4. The third kappa shape index (κ3) is 4.01. The Morgan fingerprint density at radius 2 is 2.00 bits per heavy atom. The summed E-state index contributed by atoms with van der Waals surface area (Å²) >= 11 is 0. The number of rotatable bonds is 1. The molecule has 0 aliphatic carbocycles. The first-order valence-electron chi connectivity index (χ1n) is 4.41. The molecule has 0 spiro atoms. The van der Waals surface area contributed by atoms with E-state index >= 15 is 0 Å². The lowest BCUT2D eigenvalue weighted by Crippen LogP contribution is -2.36. The molecule has 3 N–H and O–H groups in total. The summed E-state index contributed by atoms with van der Waals surface area (Å²) in [5, 5.41) is 9.17. The molecule has 4 heteroatoms. The van der Waals surface area contributed by atoms with Gasteiger partial charge in [-0.25, -0.2) is 5.90 Å². The highest BCUT2D eigenvalue weighted by Crippen LogP contribution is 2.18. The maximum atomic E-state index is 9.17. The summed E-state index contributed by atoms with van der Waals surface area (Å²) in [6.07, 6.45) is 0.411. The molecule has 1 heterocycles. The van der Waals surface area contributed by atoms with E-state index in [1.165, 1.54) is 0 Å². The minimum absolute atomic E-state index is 0.0392. The van der Waals surface area contributed by atoms with Gasteiger partial charge in [-0.2, -0.15) is 0 Å². The molecule has 0 saturated carbocycles. The van der Waals surface area contributed by atoms with Crippen LogP contribution in [0, 0.1) is 0 Å². The molecule has 3 atom stereocenters. The highest BCUT2D eigenvalue weighted by molar-refractivity contribution is 4.69. The zero-order valence-corrected chi connectivity index (χ0v) is 7.99. The summed E-state index contributed by atoms with van der Waals surface area (Å²) < 4.78 is 5.20. The van der Waals surface area contributed by atoms with E-state index in [0.717, 1.165) is 0 Å². The summed E-state index contributed by atoms with van der Waals surface area (Å²) in [5.74, 6) is 4.89. The van der Waals surface area contributed by atoms with E-state index in [1.807, 2.05) is 20.8 Å². The quantitative estimate of drug-likeness (QED) is 0.581. The molecule has 0 amide bonds. The van der Waals surface area contributed by atoms with E-state index in [4.69, 9.17) is 15.7 Å². The lowest BCUT2D eigenvalue weighted by atomic mass is 10.1. The first-order valence-corrected chi connectivity index (χ1v) is 4.41. The van der Waals surface area contributed by atoms with Gasteiger partial charge in [-0.05, 0) is 13.3 Å². The van der Waals surface area contributed by atoms with Crippen molar-refractivity contribution < 1.29 is 14.7 Å².